The third-order valence-corrected chi connectivity index (χ3v) is 2.75. The van der Waals surface area contributed by atoms with Gasteiger partial charge in [0, 0.05) is 18.3 Å². The van der Waals surface area contributed by atoms with Crippen LogP contribution in [0.1, 0.15) is 41.9 Å². The number of ether oxygens (including phenoxy) is 2. The van der Waals surface area contributed by atoms with Crippen molar-refractivity contribution < 1.29 is 23.9 Å². The third kappa shape index (κ3) is 3.94. The molecule has 1 aromatic rings. The zero-order chi connectivity index (χ0) is 15.1. The Kier molecular flexibility index (Phi) is 5.96. The van der Waals surface area contributed by atoms with Gasteiger partial charge in [0.05, 0.1) is 18.8 Å². The maximum atomic E-state index is 12.0. The zero-order valence-corrected chi connectivity index (χ0v) is 11.9. The van der Waals surface area contributed by atoms with Gasteiger partial charge in [-0.1, -0.05) is 0 Å². The van der Waals surface area contributed by atoms with Gasteiger partial charge in [0.15, 0.2) is 0 Å². The van der Waals surface area contributed by atoms with Crippen molar-refractivity contribution in [2.75, 3.05) is 13.2 Å². The number of esters is 2. The number of aromatic nitrogens is 1. The van der Waals surface area contributed by atoms with Crippen LogP contribution in [0.4, 0.5) is 0 Å². The third-order valence-electron chi connectivity index (χ3n) is 2.75. The molecule has 0 saturated carbocycles. The van der Waals surface area contributed by atoms with Crippen LogP contribution in [0.15, 0.2) is 6.20 Å². The number of aryl methyl sites for hydroxylation is 2. The molecule has 0 bridgehead atoms. The fourth-order valence-corrected chi connectivity index (χ4v) is 1.86. The van der Waals surface area contributed by atoms with Crippen molar-refractivity contribution in [3.05, 3.63) is 23.0 Å². The summed E-state index contributed by atoms with van der Waals surface area (Å²) in [5, 5.41) is 0. The van der Waals surface area contributed by atoms with Gasteiger partial charge in [-0.05, 0) is 32.8 Å². The highest BCUT2D eigenvalue weighted by molar-refractivity contribution is 6.41. The number of H-pyrrole nitrogens is 1. The second kappa shape index (κ2) is 7.47. The van der Waals surface area contributed by atoms with Gasteiger partial charge in [0.25, 0.3) is 5.78 Å². The van der Waals surface area contributed by atoms with Gasteiger partial charge in [0.2, 0.25) is 0 Å². The van der Waals surface area contributed by atoms with Gasteiger partial charge in [-0.2, -0.15) is 0 Å². The largest absolute Gasteiger partial charge is 0.466 e. The van der Waals surface area contributed by atoms with E-state index in [2.05, 4.69) is 4.98 Å². The molecule has 0 saturated heterocycles. The number of ketones is 1. The van der Waals surface area contributed by atoms with E-state index in [1.165, 1.54) is 0 Å². The molecular formula is C14H19NO5. The molecule has 20 heavy (non-hydrogen) atoms. The molecule has 0 radical (unpaired) electrons. The first-order valence-electron chi connectivity index (χ1n) is 6.55. The Balaban J connectivity index is 2.82. The summed E-state index contributed by atoms with van der Waals surface area (Å²) in [6.07, 6.45) is 2.12. The summed E-state index contributed by atoms with van der Waals surface area (Å²) in [7, 11) is 0. The standard InChI is InChI=1S/C14H19NO5/c1-4-19-11(16)7-6-10-8-15-9(3)12(10)13(17)14(18)20-5-2/h8,15H,4-7H2,1-3H3. The van der Waals surface area contributed by atoms with Gasteiger partial charge >= 0.3 is 11.9 Å². The predicted octanol–water partition coefficient (Wildman–Crippen LogP) is 1.56. The van der Waals surface area contributed by atoms with Crippen LogP contribution in [0, 0.1) is 6.92 Å². The van der Waals surface area contributed by atoms with E-state index in [-0.39, 0.29) is 24.6 Å². The van der Waals surface area contributed by atoms with Crippen LogP contribution in [0.3, 0.4) is 0 Å². The van der Waals surface area contributed by atoms with E-state index >= 15 is 0 Å². The first kappa shape index (κ1) is 15.9. The highest BCUT2D eigenvalue weighted by Gasteiger charge is 2.24. The van der Waals surface area contributed by atoms with Crippen LogP contribution in [0.25, 0.3) is 0 Å². The van der Waals surface area contributed by atoms with Crippen molar-refractivity contribution in [1.29, 1.82) is 0 Å². The van der Waals surface area contributed by atoms with Crippen molar-refractivity contribution in [2.24, 2.45) is 0 Å². The number of nitrogens with one attached hydrogen (secondary N) is 1. The summed E-state index contributed by atoms with van der Waals surface area (Å²) in [6.45, 7) is 5.52. The minimum Gasteiger partial charge on any atom is -0.466 e. The SMILES string of the molecule is CCOC(=O)CCc1c[nH]c(C)c1C(=O)C(=O)OCC. The molecule has 1 N–H and O–H groups in total. The summed E-state index contributed by atoms with van der Waals surface area (Å²) >= 11 is 0. The summed E-state index contributed by atoms with van der Waals surface area (Å²) in [5.74, 6) is -1.90. The molecule has 0 aliphatic rings. The Hall–Kier alpha value is -2.11. The monoisotopic (exact) mass is 281 g/mol. The van der Waals surface area contributed by atoms with Crippen LogP contribution in [-0.4, -0.2) is 35.9 Å². The predicted molar refractivity (Wildman–Crippen MR) is 71.4 cm³/mol. The minimum atomic E-state index is -0.882. The van der Waals surface area contributed by atoms with E-state index in [1.807, 2.05) is 0 Å². The minimum absolute atomic E-state index is 0.145. The molecule has 0 unspecified atom stereocenters. The average Bonchev–Trinajstić information content (AvgIpc) is 2.77. The number of hydrogen-bond acceptors (Lipinski definition) is 5. The molecule has 0 atom stereocenters. The lowest BCUT2D eigenvalue weighted by atomic mass is 10.0. The summed E-state index contributed by atoms with van der Waals surface area (Å²) < 4.78 is 9.54. The van der Waals surface area contributed by atoms with Gasteiger partial charge in [-0.3, -0.25) is 9.59 Å². The van der Waals surface area contributed by atoms with Crippen molar-refractivity contribution in [3.8, 4) is 0 Å². The first-order chi connectivity index (χ1) is 9.51. The van der Waals surface area contributed by atoms with Gasteiger partial charge in [0.1, 0.15) is 0 Å². The number of carbonyl (C=O) groups is 3. The molecule has 1 rings (SSSR count). The van der Waals surface area contributed by atoms with E-state index < -0.39 is 11.8 Å². The molecule has 1 heterocycles. The molecule has 0 aliphatic carbocycles. The lowest BCUT2D eigenvalue weighted by Crippen LogP contribution is -2.19. The molecule has 6 nitrogen and oxygen atoms in total. The molecule has 6 heteroatoms. The Labute approximate surface area is 117 Å². The summed E-state index contributed by atoms with van der Waals surface area (Å²) in [4.78, 5) is 37.7. The molecular weight excluding hydrogens is 262 g/mol. The summed E-state index contributed by atoms with van der Waals surface area (Å²) in [5.41, 5.74) is 1.49. The van der Waals surface area contributed by atoms with Crippen molar-refractivity contribution in [2.45, 2.75) is 33.6 Å². The summed E-state index contributed by atoms with van der Waals surface area (Å²) in [6, 6.07) is 0. The molecule has 1 aromatic heterocycles. The topological polar surface area (TPSA) is 85.5 Å². The molecule has 0 aromatic carbocycles. The average molecular weight is 281 g/mol. The molecule has 0 spiro atoms. The number of aromatic amines is 1. The Morgan fingerprint density at radius 2 is 1.80 bits per heavy atom. The second-order valence-corrected chi connectivity index (χ2v) is 4.17. The van der Waals surface area contributed by atoms with E-state index in [0.717, 1.165) is 0 Å². The fraction of sp³-hybridized carbons (Fsp3) is 0.500. The number of hydrogen-bond donors (Lipinski definition) is 1. The molecule has 110 valence electrons. The first-order valence-corrected chi connectivity index (χ1v) is 6.55. The van der Waals surface area contributed by atoms with Crippen LogP contribution in [-0.2, 0) is 25.5 Å². The molecule has 0 fully saturated rings. The van der Waals surface area contributed by atoms with E-state index in [1.54, 1.807) is 27.0 Å². The maximum Gasteiger partial charge on any atom is 0.379 e. The number of Topliss-reactive ketones (excluding diaryl/α,β-unsaturated/α-hetero) is 1. The molecule has 0 amide bonds. The highest BCUT2D eigenvalue weighted by Crippen LogP contribution is 2.17. The van der Waals surface area contributed by atoms with Crippen LogP contribution < -0.4 is 0 Å². The van der Waals surface area contributed by atoms with Gasteiger partial charge in [-0.25, -0.2) is 4.79 Å². The van der Waals surface area contributed by atoms with Crippen molar-refractivity contribution in [3.63, 3.8) is 0 Å². The fourth-order valence-electron chi connectivity index (χ4n) is 1.86. The number of carbonyl (C=O) groups excluding carboxylic acids is 3. The van der Waals surface area contributed by atoms with Crippen LogP contribution in [0.5, 0.6) is 0 Å². The van der Waals surface area contributed by atoms with E-state index in [0.29, 0.717) is 24.3 Å². The Morgan fingerprint density at radius 1 is 1.15 bits per heavy atom. The second-order valence-electron chi connectivity index (χ2n) is 4.17. The van der Waals surface area contributed by atoms with Crippen molar-refractivity contribution in [1.82, 2.24) is 4.98 Å². The highest BCUT2D eigenvalue weighted by atomic mass is 16.5. The lowest BCUT2D eigenvalue weighted by Gasteiger charge is -2.05. The van der Waals surface area contributed by atoms with E-state index in [4.69, 9.17) is 9.47 Å². The normalized spacial score (nSPS) is 10.2. The quantitative estimate of drug-likeness (QED) is 0.466. The zero-order valence-electron chi connectivity index (χ0n) is 11.9. The van der Waals surface area contributed by atoms with Crippen molar-refractivity contribution >= 4 is 17.7 Å². The van der Waals surface area contributed by atoms with Gasteiger partial charge in [-0.15, -0.1) is 0 Å². The Bertz CT molecular complexity index is 504. The smallest absolute Gasteiger partial charge is 0.379 e. The lowest BCUT2D eigenvalue weighted by molar-refractivity contribution is -0.143. The number of rotatable bonds is 7. The Morgan fingerprint density at radius 3 is 2.40 bits per heavy atom. The maximum absolute atomic E-state index is 12.0. The van der Waals surface area contributed by atoms with Crippen LogP contribution >= 0.6 is 0 Å². The molecule has 0 aliphatic heterocycles. The van der Waals surface area contributed by atoms with E-state index in [9.17, 15) is 14.4 Å². The van der Waals surface area contributed by atoms with Crippen LogP contribution in [0.2, 0.25) is 0 Å². The van der Waals surface area contributed by atoms with Gasteiger partial charge < -0.3 is 14.5 Å².